The second-order valence-corrected chi connectivity index (χ2v) is 13.8. The van der Waals surface area contributed by atoms with Crippen molar-refractivity contribution >= 4 is 50.7 Å². The minimum Gasteiger partial charge on any atom is -0.497 e. The Morgan fingerprint density at radius 3 is 2.17 bits per heavy atom. The first-order valence-electron chi connectivity index (χ1n) is 15.3. The Labute approximate surface area is 287 Å². The molecule has 4 aromatic rings. The molecule has 0 aliphatic carbocycles. The molecule has 0 aliphatic heterocycles. The fourth-order valence-corrected chi connectivity index (χ4v) is 6.74. The summed E-state index contributed by atoms with van der Waals surface area (Å²) in [4.78, 5) is 29.8. The van der Waals surface area contributed by atoms with E-state index in [2.05, 4.69) is 5.32 Å². The van der Waals surface area contributed by atoms with E-state index in [9.17, 15) is 18.0 Å². The smallest absolute Gasteiger partial charge is 0.264 e. The van der Waals surface area contributed by atoms with E-state index in [0.717, 1.165) is 28.3 Å². The first-order chi connectivity index (χ1) is 22.5. The molecule has 0 aromatic heterocycles. The van der Waals surface area contributed by atoms with Crippen molar-refractivity contribution in [1.29, 1.82) is 0 Å². The predicted molar refractivity (Wildman–Crippen MR) is 188 cm³/mol. The molecule has 4 aromatic carbocycles. The van der Waals surface area contributed by atoms with Crippen LogP contribution in [0.1, 0.15) is 36.5 Å². The van der Waals surface area contributed by atoms with Gasteiger partial charge in [-0.05, 0) is 73.0 Å². The van der Waals surface area contributed by atoms with E-state index >= 15 is 0 Å². The average molecular weight is 697 g/mol. The molecule has 1 N–H and O–H groups in total. The van der Waals surface area contributed by atoms with Gasteiger partial charge in [0.1, 0.15) is 18.3 Å². The Balaban J connectivity index is 1.80. The van der Waals surface area contributed by atoms with Crippen molar-refractivity contribution in [2.45, 2.75) is 50.6 Å². The van der Waals surface area contributed by atoms with Crippen LogP contribution in [0.2, 0.25) is 10.0 Å². The number of carbonyl (C=O) groups excluding carboxylic acids is 2. The lowest BCUT2D eigenvalue weighted by atomic mass is 10.0. The molecular formula is C36H39Cl2N3O5S. The summed E-state index contributed by atoms with van der Waals surface area (Å²) >= 11 is 12.5. The predicted octanol–water partition coefficient (Wildman–Crippen LogP) is 7.06. The first-order valence-corrected chi connectivity index (χ1v) is 17.5. The highest BCUT2D eigenvalue weighted by Gasteiger charge is 2.34. The summed E-state index contributed by atoms with van der Waals surface area (Å²) < 4.78 is 34.7. The number of ether oxygens (including phenoxy) is 1. The van der Waals surface area contributed by atoms with Gasteiger partial charge in [-0.3, -0.25) is 13.9 Å². The second kappa shape index (κ2) is 16.7. The van der Waals surface area contributed by atoms with Gasteiger partial charge in [-0.25, -0.2) is 8.42 Å². The largest absolute Gasteiger partial charge is 0.497 e. The minimum atomic E-state index is -4.24. The Morgan fingerprint density at radius 2 is 1.55 bits per heavy atom. The van der Waals surface area contributed by atoms with Crippen molar-refractivity contribution in [2.24, 2.45) is 0 Å². The average Bonchev–Trinajstić information content (AvgIpc) is 3.07. The number of hydrogen-bond acceptors (Lipinski definition) is 5. The number of nitrogens with one attached hydrogen (secondary N) is 1. The number of unbranched alkanes of at least 4 members (excludes halogenated alkanes) is 1. The van der Waals surface area contributed by atoms with Gasteiger partial charge >= 0.3 is 0 Å². The van der Waals surface area contributed by atoms with Crippen molar-refractivity contribution in [3.8, 4) is 5.75 Å². The van der Waals surface area contributed by atoms with Crippen LogP contribution in [0, 0.1) is 6.92 Å². The molecule has 4 rings (SSSR count). The lowest BCUT2D eigenvalue weighted by molar-refractivity contribution is -0.140. The number of carbonyl (C=O) groups is 2. The molecule has 2 amide bonds. The van der Waals surface area contributed by atoms with Crippen molar-refractivity contribution < 1.29 is 22.7 Å². The Kier molecular flexibility index (Phi) is 12.7. The molecule has 0 bridgehead atoms. The van der Waals surface area contributed by atoms with Crippen molar-refractivity contribution in [3.05, 3.63) is 124 Å². The van der Waals surface area contributed by atoms with Crippen LogP contribution in [0.4, 0.5) is 5.69 Å². The highest BCUT2D eigenvalue weighted by molar-refractivity contribution is 7.92. The van der Waals surface area contributed by atoms with Crippen LogP contribution in [-0.4, -0.2) is 51.4 Å². The molecule has 47 heavy (non-hydrogen) atoms. The molecule has 0 aliphatic rings. The monoisotopic (exact) mass is 695 g/mol. The molecule has 11 heteroatoms. The number of amides is 2. The molecule has 248 valence electrons. The number of hydrogen-bond donors (Lipinski definition) is 1. The van der Waals surface area contributed by atoms with E-state index in [-0.39, 0.29) is 23.8 Å². The van der Waals surface area contributed by atoms with Crippen LogP contribution in [0.15, 0.2) is 102 Å². The third kappa shape index (κ3) is 9.50. The van der Waals surface area contributed by atoms with Gasteiger partial charge in [-0.2, -0.15) is 0 Å². The molecule has 0 radical (unpaired) electrons. The van der Waals surface area contributed by atoms with Gasteiger partial charge in [0.25, 0.3) is 10.0 Å². The minimum absolute atomic E-state index is 0.0131. The Bertz CT molecular complexity index is 1750. The van der Waals surface area contributed by atoms with Crippen molar-refractivity contribution in [2.75, 3.05) is 24.5 Å². The van der Waals surface area contributed by atoms with E-state index < -0.39 is 28.5 Å². The molecule has 0 spiro atoms. The van der Waals surface area contributed by atoms with Crippen LogP contribution in [0.25, 0.3) is 0 Å². The zero-order valence-corrected chi connectivity index (χ0v) is 29.0. The maximum atomic E-state index is 14.6. The lowest BCUT2D eigenvalue weighted by Crippen LogP contribution is -2.53. The van der Waals surface area contributed by atoms with E-state index in [0.29, 0.717) is 33.6 Å². The highest BCUT2D eigenvalue weighted by atomic mass is 35.5. The zero-order valence-electron chi connectivity index (χ0n) is 26.7. The SMILES string of the molecule is CCCCNC(=O)[C@H](Cc1ccccc1)N(Cc1ccc(Cl)c(Cl)c1)C(=O)CN(c1ccc(C)cc1)S(=O)(=O)c1ccc(OC)cc1. The molecule has 0 heterocycles. The van der Waals surface area contributed by atoms with Crippen LogP contribution in [0.3, 0.4) is 0 Å². The van der Waals surface area contributed by atoms with Crippen LogP contribution < -0.4 is 14.4 Å². The summed E-state index contributed by atoms with van der Waals surface area (Å²) in [7, 11) is -2.74. The van der Waals surface area contributed by atoms with E-state index in [1.807, 2.05) is 44.2 Å². The normalized spacial score (nSPS) is 11.9. The van der Waals surface area contributed by atoms with Gasteiger partial charge in [0.2, 0.25) is 11.8 Å². The van der Waals surface area contributed by atoms with Crippen LogP contribution >= 0.6 is 23.2 Å². The van der Waals surface area contributed by atoms with Gasteiger partial charge in [0.05, 0.1) is 27.7 Å². The van der Waals surface area contributed by atoms with Gasteiger partial charge in [-0.15, -0.1) is 0 Å². The molecule has 0 saturated carbocycles. The number of methoxy groups -OCH3 is 1. The lowest BCUT2D eigenvalue weighted by Gasteiger charge is -2.34. The third-order valence-corrected chi connectivity index (χ3v) is 10.2. The molecule has 1 atom stereocenters. The standard InChI is InChI=1S/C36H39Cl2N3O5S/c1-4-5-21-39-36(43)34(23-27-9-7-6-8-10-27)40(24-28-13-20-32(37)33(38)22-28)35(42)25-41(29-14-11-26(2)12-15-29)47(44,45)31-18-16-30(46-3)17-19-31/h6-20,22,34H,4-5,21,23-25H2,1-3H3,(H,39,43)/t34-/m0/s1. The summed E-state index contributed by atoms with van der Waals surface area (Å²) in [5.41, 5.74) is 2.71. The maximum absolute atomic E-state index is 14.6. The summed E-state index contributed by atoms with van der Waals surface area (Å²) in [5, 5.41) is 3.63. The number of benzene rings is 4. The van der Waals surface area contributed by atoms with Gasteiger partial charge in [0.15, 0.2) is 0 Å². The molecular weight excluding hydrogens is 657 g/mol. The number of nitrogens with zero attached hydrogens (tertiary/aromatic N) is 2. The zero-order chi connectivity index (χ0) is 34.0. The number of rotatable bonds is 15. The van der Waals surface area contributed by atoms with E-state index in [1.54, 1.807) is 54.6 Å². The van der Waals surface area contributed by atoms with E-state index in [1.165, 1.54) is 24.1 Å². The molecule has 8 nitrogen and oxygen atoms in total. The van der Waals surface area contributed by atoms with Gasteiger partial charge < -0.3 is 15.0 Å². The topological polar surface area (TPSA) is 96.0 Å². The molecule has 0 saturated heterocycles. The number of aryl methyl sites for hydroxylation is 1. The van der Waals surface area contributed by atoms with Gasteiger partial charge in [-0.1, -0.05) is 90.6 Å². The first kappa shape index (κ1) is 35.8. The summed E-state index contributed by atoms with van der Waals surface area (Å²) in [6.07, 6.45) is 1.86. The van der Waals surface area contributed by atoms with Gasteiger partial charge in [0, 0.05) is 19.5 Å². The summed E-state index contributed by atoms with van der Waals surface area (Å²) in [5.74, 6) is -0.413. The second-order valence-electron chi connectivity index (χ2n) is 11.1. The Morgan fingerprint density at radius 1 is 0.872 bits per heavy atom. The van der Waals surface area contributed by atoms with Crippen molar-refractivity contribution in [1.82, 2.24) is 10.2 Å². The third-order valence-electron chi connectivity index (χ3n) is 7.69. The fourth-order valence-electron chi connectivity index (χ4n) is 5.01. The van der Waals surface area contributed by atoms with E-state index in [4.69, 9.17) is 27.9 Å². The molecule has 0 unspecified atom stereocenters. The summed E-state index contributed by atoms with van der Waals surface area (Å²) in [6, 6.07) is 26.3. The van der Waals surface area contributed by atoms with Crippen LogP contribution in [-0.2, 0) is 32.6 Å². The fraction of sp³-hybridized carbons (Fsp3) is 0.278. The Hall–Kier alpha value is -4.05. The number of halogens is 2. The highest BCUT2D eigenvalue weighted by Crippen LogP contribution is 2.28. The maximum Gasteiger partial charge on any atom is 0.264 e. The number of sulfonamides is 1. The quantitative estimate of drug-likeness (QED) is 0.134. The van der Waals surface area contributed by atoms with Crippen LogP contribution in [0.5, 0.6) is 5.75 Å². The van der Waals surface area contributed by atoms with Crippen molar-refractivity contribution in [3.63, 3.8) is 0 Å². The molecule has 0 fully saturated rings. The summed E-state index contributed by atoms with van der Waals surface area (Å²) in [6.45, 7) is 3.78. The number of anilines is 1.